The molecule has 6 heteroatoms. The van der Waals surface area contributed by atoms with Crippen LogP contribution in [0.15, 0.2) is 72.9 Å². The number of aromatic nitrogens is 2. The maximum absolute atomic E-state index is 6.29. The zero-order chi connectivity index (χ0) is 23.9. The average Bonchev–Trinajstić information content (AvgIpc) is 2.87. The molecule has 0 unspecified atom stereocenters. The number of rotatable bonds is 11. The van der Waals surface area contributed by atoms with Crippen LogP contribution in [-0.4, -0.2) is 29.8 Å². The fraction of sp³-hybridized carbons (Fsp3) is 0.310. The molecule has 0 amide bonds. The van der Waals surface area contributed by atoms with Gasteiger partial charge in [0.1, 0.15) is 24.7 Å². The van der Waals surface area contributed by atoms with Crippen LogP contribution in [-0.2, 0) is 18.0 Å². The number of hydrogen-bond acceptors (Lipinski definition) is 6. The van der Waals surface area contributed by atoms with Gasteiger partial charge in [-0.3, -0.25) is 0 Å². The Balaban J connectivity index is 1.26. The van der Waals surface area contributed by atoms with E-state index < -0.39 is 0 Å². The van der Waals surface area contributed by atoms with E-state index in [1.807, 2.05) is 61.5 Å². The normalized spacial score (nSPS) is 13.4. The summed E-state index contributed by atoms with van der Waals surface area (Å²) < 4.78 is 23.4. The third-order valence-electron chi connectivity index (χ3n) is 6.20. The lowest BCUT2D eigenvalue weighted by Gasteiger charge is -2.25. The molecular weight excluding hydrogens is 440 g/mol. The topological polar surface area (TPSA) is 62.7 Å². The molecule has 0 N–H and O–H groups in total. The Morgan fingerprint density at radius 2 is 1.74 bits per heavy atom. The first-order chi connectivity index (χ1) is 17.3. The fourth-order valence-electron chi connectivity index (χ4n) is 4.10. The number of fused-ring (bicyclic) bond motifs is 1. The van der Waals surface area contributed by atoms with Crippen molar-refractivity contribution in [3.8, 4) is 17.4 Å². The zero-order valence-electron chi connectivity index (χ0n) is 20.0. The molecule has 0 radical (unpaired) electrons. The maximum atomic E-state index is 6.29. The monoisotopic (exact) mass is 470 g/mol. The number of hydrogen-bond donors (Lipinski definition) is 0. The smallest absolute Gasteiger partial charge is 0.217 e. The van der Waals surface area contributed by atoms with E-state index in [-0.39, 0.29) is 6.61 Å². The van der Waals surface area contributed by atoms with Gasteiger partial charge >= 0.3 is 0 Å². The van der Waals surface area contributed by atoms with E-state index in [4.69, 9.17) is 23.9 Å². The Morgan fingerprint density at radius 3 is 2.57 bits per heavy atom. The lowest BCUT2D eigenvalue weighted by molar-refractivity contribution is -0.0373. The molecule has 0 atom stereocenters. The highest BCUT2D eigenvalue weighted by Gasteiger charge is 2.17. The van der Waals surface area contributed by atoms with Crippen molar-refractivity contribution in [2.45, 2.75) is 33.0 Å². The van der Waals surface area contributed by atoms with E-state index in [1.54, 1.807) is 6.20 Å². The minimum absolute atomic E-state index is 0.288. The van der Waals surface area contributed by atoms with Gasteiger partial charge in [-0.2, -0.15) is 0 Å². The predicted octanol–water partition coefficient (Wildman–Crippen LogP) is 5.90. The highest BCUT2D eigenvalue weighted by atomic mass is 16.5. The summed E-state index contributed by atoms with van der Waals surface area (Å²) in [4.78, 5) is 9.19. The van der Waals surface area contributed by atoms with Crippen molar-refractivity contribution < 1.29 is 18.9 Å². The van der Waals surface area contributed by atoms with Crippen molar-refractivity contribution in [1.29, 1.82) is 0 Å². The second kappa shape index (κ2) is 11.2. The lowest BCUT2D eigenvalue weighted by Crippen LogP contribution is -2.27. The summed E-state index contributed by atoms with van der Waals surface area (Å²) >= 11 is 0. The standard InChI is InChI=1S/C29H30N2O4/c1-21-27(20-34-28-16-24(13-14-30-28)33-15-7-10-23-17-32-18-23)31-26-12-6-5-11-25(26)29(21)35-19-22-8-3-2-4-9-22/h2-6,8-9,11-14,16,23H,7,10,15,17-20H2,1H3. The Labute approximate surface area is 205 Å². The first-order valence-electron chi connectivity index (χ1n) is 12.1. The van der Waals surface area contributed by atoms with Crippen molar-refractivity contribution in [1.82, 2.24) is 9.97 Å². The van der Waals surface area contributed by atoms with Gasteiger partial charge in [0.05, 0.1) is 31.0 Å². The summed E-state index contributed by atoms with van der Waals surface area (Å²) in [6, 6.07) is 21.9. The van der Waals surface area contributed by atoms with Gasteiger partial charge in [-0.25, -0.2) is 9.97 Å². The number of ether oxygens (including phenoxy) is 4. The molecule has 1 aliphatic heterocycles. The summed E-state index contributed by atoms with van der Waals surface area (Å²) in [6.07, 6.45) is 3.86. The average molecular weight is 471 g/mol. The van der Waals surface area contributed by atoms with Crippen LogP contribution in [0.4, 0.5) is 0 Å². The number of pyridine rings is 2. The molecule has 4 aromatic rings. The van der Waals surface area contributed by atoms with Crippen LogP contribution in [0.2, 0.25) is 0 Å². The Morgan fingerprint density at radius 1 is 0.914 bits per heavy atom. The van der Waals surface area contributed by atoms with E-state index >= 15 is 0 Å². The Hall–Kier alpha value is -3.64. The summed E-state index contributed by atoms with van der Waals surface area (Å²) in [6.45, 7) is 5.25. The molecule has 2 aromatic heterocycles. The van der Waals surface area contributed by atoms with Gasteiger partial charge in [-0.05, 0) is 43.5 Å². The van der Waals surface area contributed by atoms with E-state index in [1.165, 1.54) is 0 Å². The van der Waals surface area contributed by atoms with Crippen molar-refractivity contribution in [3.05, 3.63) is 89.7 Å². The molecule has 180 valence electrons. The summed E-state index contributed by atoms with van der Waals surface area (Å²) in [5.74, 6) is 2.79. The fourth-order valence-corrected chi connectivity index (χ4v) is 4.10. The van der Waals surface area contributed by atoms with Crippen LogP contribution in [0.1, 0.15) is 29.7 Å². The van der Waals surface area contributed by atoms with Crippen LogP contribution >= 0.6 is 0 Å². The minimum Gasteiger partial charge on any atom is -0.493 e. The van der Waals surface area contributed by atoms with Crippen molar-refractivity contribution in [2.24, 2.45) is 5.92 Å². The van der Waals surface area contributed by atoms with Crippen LogP contribution in [0.3, 0.4) is 0 Å². The molecule has 0 aliphatic carbocycles. The van der Waals surface area contributed by atoms with Crippen molar-refractivity contribution in [2.75, 3.05) is 19.8 Å². The molecule has 1 aliphatic rings. The molecular formula is C29H30N2O4. The highest BCUT2D eigenvalue weighted by molar-refractivity contribution is 5.86. The van der Waals surface area contributed by atoms with Gasteiger partial charge in [0.15, 0.2) is 0 Å². The molecule has 5 rings (SSSR count). The summed E-state index contributed by atoms with van der Waals surface area (Å²) in [5, 5.41) is 0.992. The first-order valence-corrected chi connectivity index (χ1v) is 12.1. The Kier molecular flexibility index (Phi) is 7.39. The van der Waals surface area contributed by atoms with E-state index in [0.717, 1.165) is 65.3 Å². The molecule has 1 fully saturated rings. The molecule has 6 nitrogen and oxygen atoms in total. The quantitative estimate of drug-likeness (QED) is 0.254. The van der Waals surface area contributed by atoms with Gasteiger partial charge < -0.3 is 18.9 Å². The van der Waals surface area contributed by atoms with E-state index in [0.29, 0.717) is 25.0 Å². The van der Waals surface area contributed by atoms with Gasteiger partial charge in [-0.15, -0.1) is 0 Å². The van der Waals surface area contributed by atoms with Crippen LogP contribution < -0.4 is 14.2 Å². The third-order valence-corrected chi connectivity index (χ3v) is 6.20. The second-order valence-corrected chi connectivity index (χ2v) is 8.82. The van der Waals surface area contributed by atoms with Crippen molar-refractivity contribution in [3.63, 3.8) is 0 Å². The van der Waals surface area contributed by atoms with E-state index in [2.05, 4.69) is 17.1 Å². The molecule has 1 saturated heterocycles. The maximum Gasteiger partial charge on any atom is 0.217 e. The molecule has 3 heterocycles. The molecule has 35 heavy (non-hydrogen) atoms. The second-order valence-electron chi connectivity index (χ2n) is 8.82. The molecule has 0 saturated carbocycles. The lowest BCUT2D eigenvalue weighted by atomic mass is 10.0. The van der Waals surface area contributed by atoms with Crippen molar-refractivity contribution >= 4 is 10.9 Å². The predicted molar refractivity (Wildman–Crippen MR) is 135 cm³/mol. The minimum atomic E-state index is 0.288. The van der Waals surface area contributed by atoms with Crippen LogP contribution in [0, 0.1) is 12.8 Å². The first kappa shape index (κ1) is 23.1. The van der Waals surface area contributed by atoms with Gasteiger partial charge in [0.25, 0.3) is 0 Å². The van der Waals surface area contributed by atoms with Gasteiger partial charge in [0, 0.05) is 29.1 Å². The van der Waals surface area contributed by atoms with Crippen LogP contribution in [0.5, 0.6) is 17.4 Å². The molecule has 0 bridgehead atoms. The largest absolute Gasteiger partial charge is 0.493 e. The number of nitrogens with zero attached hydrogens (tertiary/aromatic N) is 2. The Bertz CT molecular complexity index is 1260. The zero-order valence-corrected chi connectivity index (χ0v) is 20.0. The van der Waals surface area contributed by atoms with Crippen LogP contribution in [0.25, 0.3) is 10.9 Å². The highest BCUT2D eigenvalue weighted by Crippen LogP contribution is 2.31. The number of para-hydroxylation sites is 1. The molecule has 2 aromatic carbocycles. The summed E-state index contributed by atoms with van der Waals surface area (Å²) in [7, 11) is 0. The summed E-state index contributed by atoms with van der Waals surface area (Å²) in [5.41, 5.74) is 3.78. The molecule has 0 spiro atoms. The number of benzene rings is 2. The van der Waals surface area contributed by atoms with Gasteiger partial charge in [-0.1, -0.05) is 42.5 Å². The third kappa shape index (κ3) is 5.89. The van der Waals surface area contributed by atoms with E-state index in [9.17, 15) is 0 Å². The van der Waals surface area contributed by atoms with Gasteiger partial charge in [0.2, 0.25) is 5.88 Å². The SMILES string of the molecule is Cc1c(COc2cc(OCCCC3COC3)ccn2)nc2ccccc2c1OCc1ccccc1.